The monoisotopic (exact) mass is 355 g/mol. The van der Waals surface area contributed by atoms with Gasteiger partial charge in [-0.15, -0.1) is 0 Å². The lowest BCUT2D eigenvalue weighted by Crippen LogP contribution is -2.13. The Morgan fingerprint density at radius 1 is 1.35 bits per heavy atom. The Bertz CT molecular complexity index is 676. The summed E-state index contributed by atoms with van der Waals surface area (Å²) in [4.78, 5) is 26.1. The van der Waals surface area contributed by atoms with Gasteiger partial charge in [0.1, 0.15) is 9.63 Å². The Labute approximate surface area is 127 Å². The average Bonchev–Trinajstić information content (AvgIpc) is 2.41. The van der Waals surface area contributed by atoms with Gasteiger partial charge in [-0.25, -0.2) is 4.98 Å². The van der Waals surface area contributed by atoms with Gasteiger partial charge in [-0.3, -0.25) is 14.9 Å². The number of benzene rings is 1. The van der Waals surface area contributed by atoms with Crippen LogP contribution in [-0.2, 0) is 0 Å². The number of anilines is 1. The number of carbonyl (C=O) groups excluding carboxylic acids is 1. The number of rotatable bonds is 3. The summed E-state index contributed by atoms with van der Waals surface area (Å²) in [5.74, 6) is -0.482. The van der Waals surface area contributed by atoms with E-state index in [0.29, 0.717) is 10.8 Å². The van der Waals surface area contributed by atoms with Gasteiger partial charge in [0.05, 0.1) is 22.4 Å². The highest BCUT2D eigenvalue weighted by Gasteiger charge is 2.19. The van der Waals surface area contributed by atoms with Crippen molar-refractivity contribution >= 4 is 44.8 Å². The average molecular weight is 357 g/mol. The van der Waals surface area contributed by atoms with Gasteiger partial charge in [0.25, 0.3) is 11.6 Å². The predicted molar refractivity (Wildman–Crippen MR) is 78.0 cm³/mol. The molecule has 0 radical (unpaired) electrons. The molecule has 1 amide bonds. The summed E-state index contributed by atoms with van der Waals surface area (Å²) in [6.45, 7) is 0. The number of halogens is 2. The SMILES string of the molecule is O=C(Nc1ccc(Cl)nc1)c1cccc([N+](=O)[O-])c1Br. The van der Waals surface area contributed by atoms with E-state index in [0.717, 1.165) is 0 Å². The number of carbonyl (C=O) groups is 1. The molecule has 0 aliphatic heterocycles. The molecule has 102 valence electrons. The van der Waals surface area contributed by atoms with Gasteiger partial charge in [0.15, 0.2) is 0 Å². The number of nitro groups is 1. The molecule has 0 aliphatic rings. The van der Waals surface area contributed by atoms with Crippen LogP contribution < -0.4 is 5.32 Å². The van der Waals surface area contributed by atoms with Crippen molar-refractivity contribution in [2.24, 2.45) is 0 Å². The van der Waals surface area contributed by atoms with Crippen molar-refractivity contribution in [3.05, 3.63) is 61.8 Å². The molecule has 1 aromatic heterocycles. The molecule has 0 aliphatic carbocycles. The molecule has 0 saturated carbocycles. The minimum atomic E-state index is -0.565. The van der Waals surface area contributed by atoms with E-state index in [1.807, 2.05) is 0 Å². The van der Waals surface area contributed by atoms with E-state index >= 15 is 0 Å². The second kappa shape index (κ2) is 5.98. The lowest BCUT2D eigenvalue weighted by molar-refractivity contribution is -0.385. The second-order valence-corrected chi connectivity index (χ2v) is 4.90. The Morgan fingerprint density at radius 2 is 2.10 bits per heavy atom. The molecular weight excluding hydrogens is 350 g/mol. The minimum absolute atomic E-state index is 0.129. The molecule has 2 aromatic rings. The van der Waals surface area contributed by atoms with Crippen LogP contribution in [0.1, 0.15) is 10.4 Å². The number of hydrogen-bond acceptors (Lipinski definition) is 4. The van der Waals surface area contributed by atoms with Crippen molar-refractivity contribution in [2.75, 3.05) is 5.32 Å². The molecule has 8 heteroatoms. The molecule has 0 saturated heterocycles. The van der Waals surface area contributed by atoms with Gasteiger partial charge >= 0.3 is 0 Å². The van der Waals surface area contributed by atoms with Crippen LogP contribution in [-0.4, -0.2) is 15.8 Å². The molecule has 1 aromatic carbocycles. The van der Waals surface area contributed by atoms with E-state index in [4.69, 9.17) is 11.6 Å². The molecule has 0 atom stereocenters. The number of nitrogens with one attached hydrogen (secondary N) is 1. The van der Waals surface area contributed by atoms with E-state index in [1.54, 1.807) is 6.07 Å². The van der Waals surface area contributed by atoms with Crippen molar-refractivity contribution in [1.29, 1.82) is 0 Å². The van der Waals surface area contributed by atoms with Crippen LogP contribution in [0.3, 0.4) is 0 Å². The molecule has 0 spiro atoms. The summed E-state index contributed by atoms with van der Waals surface area (Å²) in [6.07, 6.45) is 1.39. The third-order valence-corrected chi connectivity index (χ3v) is 3.46. The van der Waals surface area contributed by atoms with Crippen molar-refractivity contribution in [3.63, 3.8) is 0 Å². The highest BCUT2D eigenvalue weighted by atomic mass is 79.9. The molecule has 6 nitrogen and oxygen atoms in total. The Hall–Kier alpha value is -1.99. The first-order chi connectivity index (χ1) is 9.49. The van der Waals surface area contributed by atoms with Crippen molar-refractivity contribution in [1.82, 2.24) is 4.98 Å². The quantitative estimate of drug-likeness (QED) is 0.516. The van der Waals surface area contributed by atoms with Crippen LogP contribution in [0.2, 0.25) is 5.15 Å². The van der Waals surface area contributed by atoms with Crippen molar-refractivity contribution < 1.29 is 9.72 Å². The molecule has 1 N–H and O–H groups in total. The molecule has 1 heterocycles. The molecule has 20 heavy (non-hydrogen) atoms. The molecule has 0 fully saturated rings. The number of amides is 1. The van der Waals surface area contributed by atoms with E-state index < -0.39 is 10.8 Å². The summed E-state index contributed by atoms with van der Waals surface area (Å²) < 4.78 is 0.129. The van der Waals surface area contributed by atoms with Gasteiger partial charge in [0.2, 0.25) is 0 Å². The van der Waals surface area contributed by atoms with E-state index in [-0.39, 0.29) is 15.7 Å². The van der Waals surface area contributed by atoms with E-state index in [2.05, 4.69) is 26.2 Å². The third kappa shape index (κ3) is 3.12. The summed E-state index contributed by atoms with van der Waals surface area (Å²) in [5.41, 5.74) is 0.429. The number of hydrogen-bond donors (Lipinski definition) is 1. The normalized spacial score (nSPS) is 10.1. The fraction of sp³-hybridized carbons (Fsp3) is 0. The first-order valence-electron chi connectivity index (χ1n) is 5.35. The highest BCUT2D eigenvalue weighted by Crippen LogP contribution is 2.28. The zero-order chi connectivity index (χ0) is 14.7. The zero-order valence-corrected chi connectivity index (χ0v) is 12.2. The standard InChI is InChI=1S/C12H7BrClN3O3/c13-11-8(2-1-3-9(11)17(19)20)12(18)16-7-4-5-10(14)15-6-7/h1-6H,(H,16,18). The van der Waals surface area contributed by atoms with Gasteiger partial charge in [-0.1, -0.05) is 17.7 Å². The van der Waals surface area contributed by atoms with Gasteiger partial charge < -0.3 is 5.32 Å². The topological polar surface area (TPSA) is 85.1 Å². The maximum absolute atomic E-state index is 12.1. The molecule has 2 rings (SSSR count). The van der Waals surface area contributed by atoms with Crippen molar-refractivity contribution in [2.45, 2.75) is 0 Å². The molecular formula is C12H7BrClN3O3. The van der Waals surface area contributed by atoms with Gasteiger partial charge in [-0.2, -0.15) is 0 Å². The minimum Gasteiger partial charge on any atom is -0.321 e. The molecule has 0 unspecified atom stereocenters. The zero-order valence-electron chi connectivity index (χ0n) is 9.84. The van der Waals surface area contributed by atoms with Gasteiger partial charge in [-0.05, 0) is 34.1 Å². The Morgan fingerprint density at radius 3 is 2.70 bits per heavy atom. The Balaban J connectivity index is 2.28. The van der Waals surface area contributed by atoms with Crippen LogP contribution in [0.4, 0.5) is 11.4 Å². The first-order valence-corrected chi connectivity index (χ1v) is 6.52. The lowest BCUT2D eigenvalue weighted by atomic mass is 10.2. The highest BCUT2D eigenvalue weighted by molar-refractivity contribution is 9.10. The fourth-order valence-corrected chi connectivity index (χ4v) is 2.19. The van der Waals surface area contributed by atoms with Crippen LogP contribution in [0.25, 0.3) is 0 Å². The second-order valence-electron chi connectivity index (χ2n) is 3.72. The first kappa shape index (κ1) is 14.4. The van der Waals surface area contributed by atoms with Crippen LogP contribution in [0.15, 0.2) is 41.0 Å². The molecule has 0 bridgehead atoms. The largest absolute Gasteiger partial charge is 0.321 e. The number of aromatic nitrogens is 1. The predicted octanol–water partition coefficient (Wildman–Crippen LogP) is 3.66. The van der Waals surface area contributed by atoms with Crippen molar-refractivity contribution in [3.8, 4) is 0 Å². The van der Waals surface area contributed by atoms with Crippen LogP contribution in [0.5, 0.6) is 0 Å². The van der Waals surface area contributed by atoms with E-state index in [9.17, 15) is 14.9 Å². The maximum atomic E-state index is 12.1. The summed E-state index contributed by atoms with van der Waals surface area (Å²) in [7, 11) is 0. The maximum Gasteiger partial charge on any atom is 0.284 e. The summed E-state index contributed by atoms with van der Waals surface area (Å²) in [6, 6.07) is 7.34. The fourth-order valence-electron chi connectivity index (χ4n) is 1.48. The van der Waals surface area contributed by atoms with Crippen LogP contribution in [0, 0.1) is 10.1 Å². The van der Waals surface area contributed by atoms with Gasteiger partial charge in [0, 0.05) is 6.07 Å². The lowest BCUT2D eigenvalue weighted by Gasteiger charge is -2.06. The number of pyridine rings is 1. The smallest absolute Gasteiger partial charge is 0.284 e. The third-order valence-electron chi connectivity index (χ3n) is 2.40. The number of nitro benzene ring substituents is 1. The summed E-state index contributed by atoms with van der Waals surface area (Å²) >= 11 is 8.71. The Kier molecular flexibility index (Phi) is 4.31. The van der Waals surface area contributed by atoms with E-state index in [1.165, 1.54) is 30.5 Å². The summed E-state index contributed by atoms with van der Waals surface area (Å²) in [5, 5.41) is 13.7. The van der Waals surface area contributed by atoms with Crippen LogP contribution >= 0.6 is 27.5 Å². The number of nitrogens with zero attached hydrogens (tertiary/aromatic N) is 2.